The van der Waals surface area contributed by atoms with Crippen molar-refractivity contribution in [2.75, 3.05) is 102 Å². The third-order valence-electron chi connectivity index (χ3n) is 7.31. The standard InChI is InChI=1S/C37H49N9O7/c38-15-20-50-24-25-51-22-18-40-34(49)30-8-10-31(11-9-30)43-37-45-35(41-16-14-28-6-12-32(47)13-7-28)44-36(46-37)42-19-23-53-27-26-52-21-17-39-33(48)29-4-2-1-3-5-29/h1-13,47H,14-27,38H2,(H,39,48)(H,40,49)(H3,41,42,43,44,45,46). The molecule has 0 aliphatic carbocycles. The molecular formula is C37H49N9O7. The lowest BCUT2D eigenvalue weighted by molar-refractivity contribution is 0.0511. The van der Waals surface area contributed by atoms with Gasteiger partial charge in [-0.3, -0.25) is 9.59 Å². The Hall–Kier alpha value is -5.39. The van der Waals surface area contributed by atoms with Gasteiger partial charge in [-0.1, -0.05) is 30.3 Å². The van der Waals surface area contributed by atoms with E-state index in [9.17, 15) is 14.7 Å². The molecule has 4 rings (SSSR count). The van der Waals surface area contributed by atoms with Crippen LogP contribution >= 0.6 is 0 Å². The minimum atomic E-state index is -0.215. The summed E-state index contributed by atoms with van der Waals surface area (Å²) in [5, 5.41) is 24.8. The number of ether oxygens (including phenoxy) is 4. The summed E-state index contributed by atoms with van der Waals surface area (Å²) in [5.41, 5.74) is 8.21. The van der Waals surface area contributed by atoms with Crippen LogP contribution in [0.3, 0.4) is 0 Å². The van der Waals surface area contributed by atoms with Crippen molar-refractivity contribution in [1.29, 1.82) is 0 Å². The maximum absolute atomic E-state index is 12.6. The SMILES string of the molecule is NCCOCCOCCNC(=O)c1ccc(Nc2nc(NCCOCCOCCNC(=O)c3ccccc3)nc(NCCc3ccc(O)cc3)n2)cc1. The van der Waals surface area contributed by atoms with Gasteiger partial charge in [-0.25, -0.2) is 0 Å². The highest BCUT2D eigenvalue weighted by atomic mass is 16.5. The van der Waals surface area contributed by atoms with Crippen LogP contribution in [0.1, 0.15) is 26.3 Å². The maximum Gasteiger partial charge on any atom is 0.251 e. The van der Waals surface area contributed by atoms with Crippen LogP contribution in [0.2, 0.25) is 0 Å². The van der Waals surface area contributed by atoms with Gasteiger partial charge in [-0.2, -0.15) is 15.0 Å². The second-order valence-electron chi connectivity index (χ2n) is 11.4. The molecule has 1 heterocycles. The minimum Gasteiger partial charge on any atom is -0.508 e. The lowest BCUT2D eigenvalue weighted by Crippen LogP contribution is -2.27. The molecule has 53 heavy (non-hydrogen) atoms. The minimum absolute atomic E-state index is 0.138. The zero-order chi connectivity index (χ0) is 37.4. The van der Waals surface area contributed by atoms with E-state index in [1.807, 2.05) is 30.3 Å². The highest BCUT2D eigenvalue weighted by Crippen LogP contribution is 2.17. The number of nitrogens with two attached hydrogens (primary N) is 1. The Morgan fingerprint density at radius 3 is 1.66 bits per heavy atom. The Morgan fingerprint density at radius 1 is 0.566 bits per heavy atom. The Kier molecular flexibility index (Phi) is 18.3. The Balaban J connectivity index is 1.21. The number of rotatable bonds is 26. The number of hydrogen-bond donors (Lipinski definition) is 7. The van der Waals surface area contributed by atoms with Crippen LogP contribution in [-0.2, 0) is 25.4 Å². The Bertz CT molecular complexity index is 1630. The molecule has 0 aliphatic rings. The molecule has 0 aliphatic heterocycles. The fraction of sp³-hybridized carbons (Fsp3) is 0.378. The van der Waals surface area contributed by atoms with Crippen molar-refractivity contribution < 1.29 is 33.6 Å². The van der Waals surface area contributed by atoms with Gasteiger partial charge in [-0.05, 0) is 60.5 Å². The molecule has 4 aromatic rings. The Labute approximate surface area is 309 Å². The van der Waals surface area contributed by atoms with Gasteiger partial charge in [0.15, 0.2) is 0 Å². The predicted octanol–water partition coefficient (Wildman–Crippen LogP) is 2.57. The molecule has 3 aromatic carbocycles. The van der Waals surface area contributed by atoms with Gasteiger partial charge in [0.05, 0.1) is 52.9 Å². The first-order valence-electron chi connectivity index (χ1n) is 17.5. The van der Waals surface area contributed by atoms with Crippen LogP contribution < -0.4 is 32.3 Å². The number of amides is 2. The van der Waals surface area contributed by atoms with Crippen molar-refractivity contribution >= 4 is 35.3 Å². The van der Waals surface area contributed by atoms with Crippen LogP contribution in [0, 0.1) is 0 Å². The number of phenols is 1. The molecule has 2 amide bonds. The van der Waals surface area contributed by atoms with Gasteiger partial charge in [0.25, 0.3) is 11.8 Å². The number of carbonyl (C=O) groups excluding carboxylic acids is 2. The topological polar surface area (TPSA) is 216 Å². The molecule has 0 bridgehead atoms. The van der Waals surface area contributed by atoms with E-state index in [0.29, 0.717) is 127 Å². The van der Waals surface area contributed by atoms with E-state index >= 15 is 0 Å². The van der Waals surface area contributed by atoms with Crippen molar-refractivity contribution in [3.8, 4) is 5.75 Å². The summed E-state index contributed by atoms with van der Waals surface area (Å²) in [6.45, 7) is 5.50. The van der Waals surface area contributed by atoms with Crippen LogP contribution in [0.25, 0.3) is 0 Å². The zero-order valence-electron chi connectivity index (χ0n) is 29.7. The second-order valence-corrected chi connectivity index (χ2v) is 11.4. The number of nitrogens with one attached hydrogen (secondary N) is 5. The summed E-state index contributed by atoms with van der Waals surface area (Å²) in [6, 6.07) is 23.0. The molecule has 0 spiro atoms. The van der Waals surface area contributed by atoms with E-state index < -0.39 is 0 Å². The number of anilines is 4. The average molecular weight is 732 g/mol. The molecule has 0 unspecified atom stereocenters. The van der Waals surface area contributed by atoms with Crippen LogP contribution in [0.5, 0.6) is 5.75 Å². The summed E-state index contributed by atoms with van der Waals surface area (Å²) in [6.07, 6.45) is 0.686. The van der Waals surface area contributed by atoms with E-state index in [1.165, 1.54) is 0 Å². The van der Waals surface area contributed by atoms with E-state index in [2.05, 4.69) is 41.5 Å². The third-order valence-corrected chi connectivity index (χ3v) is 7.31. The number of carbonyl (C=O) groups is 2. The monoisotopic (exact) mass is 731 g/mol. The summed E-state index contributed by atoms with van der Waals surface area (Å²) >= 11 is 0. The average Bonchev–Trinajstić information content (AvgIpc) is 3.18. The number of aromatic nitrogens is 3. The van der Waals surface area contributed by atoms with Crippen LogP contribution in [-0.4, -0.2) is 117 Å². The summed E-state index contributed by atoms with van der Waals surface area (Å²) in [5.74, 6) is 0.863. The van der Waals surface area contributed by atoms with Gasteiger partial charge in [-0.15, -0.1) is 0 Å². The number of hydrogen-bond acceptors (Lipinski definition) is 14. The molecule has 16 heteroatoms. The fourth-order valence-corrected chi connectivity index (χ4v) is 4.63. The molecule has 0 atom stereocenters. The van der Waals surface area contributed by atoms with Crippen LogP contribution in [0.4, 0.5) is 23.5 Å². The first-order valence-corrected chi connectivity index (χ1v) is 17.5. The summed E-state index contributed by atoms with van der Waals surface area (Å²) in [4.78, 5) is 38.2. The van der Waals surface area contributed by atoms with Crippen molar-refractivity contribution in [2.24, 2.45) is 5.73 Å². The smallest absolute Gasteiger partial charge is 0.251 e. The van der Waals surface area contributed by atoms with Crippen molar-refractivity contribution in [3.05, 3.63) is 95.6 Å². The predicted molar refractivity (Wildman–Crippen MR) is 202 cm³/mol. The first kappa shape index (κ1) is 40.4. The molecule has 8 N–H and O–H groups in total. The van der Waals surface area contributed by atoms with Gasteiger partial charge in [0.2, 0.25) is 17.8 Å². The fourth-order valence-electron chi connectivity index (χ4n) is 4.63. The second kappa shape index (κ2) is 24.0. The van der Waals surface area contributed by atoms with Gasteiger partial charge < -0.3 is 56.4 Å². The van der Waals surface area contributed by atoms with Crippen LogP contribution in [0.15, 0.2) is 78.9 Å². The molecular weight excluding hydrogens is 682 g/mol. The Morgan fingerprint density at radius 2 is 1.08 bits per heavy atom. The quantitative estimate of drug-likeness (QED) is 0.0463. The molecule has 284 valence electrons. The number of phenolic OH excluding ortho intramolecular Hbond substituents is 1. The highest BCUT2D eigenvalue weighted by molar-refractivity contribution is 5.94. The lowest BCUT2D eigenvalue weighted by atomic mass is 10.1. The van der Waals surface area contributed by atoms with E-state index in [0.717, 1.165) is 5.56 Å². The molecule has 0 saturated heterocycles. The van der Waals surface area contributed by atoms with E-state index in [1.54, 1.807) is 48.5 Å². The zero-order valence-corrected chi connectivity index (χ0v) is 29.7. The number of nitrogens with zero attached hydrogens (tertiary/aromatic N) is 3. The van der Waals surface area contributed by atoms with Crippen molar-refractivity contribution in [3.63, 3.8) is 0 Å². The first-order chi connectivity index (χ1) is 26.0. The summed E-state index contributed by atoms with van der Waals surface area (Å²) in [7, 11) is 0. The van der Waals surface area contributed by atoms with E-state index in [4.69, 9.17) is 24.7 Å². The largest absolute Gasteiger partial charge is 0.508 e. The van der Waals surface area contributed by atoms with Crippen molar-refractivity contribution in [1.82, 2.24) is 25.6 Å². The summed E-state index contributed by atoms with van der Waals surface area (Å²) < 4.78 is 21.9. The molecule has 0 fully saturated rings. The normalized spacial score (nSPS) is 10.8. The van der Waals surface area contributed by atoms with Gasteiger partial charge in [0, 0.05) is 49.5 Å². The number of aromatic hydroxyl groups is 1. The lowest BCUT2D eigenvalue weighted by Gasteiger charge is -2.12. The number of benzene rings is 3. The molecule has 16 nitrogen and oxygen atoms in total. The maximum atomic E-state index is 12.6. The van der Waals surface area contributed by atoms with Crippen molar-refractivity contribution in [2.45, 2.75) is 6.42 Å². The van der Waals surface area contributed by atoms with Gasteiger partial charge >= 0.3 is 0 Å². The molecule has 1 aromatic heterocycles. The molecule has 0 saturated carbocycles. The third kappa shape index (κ3) is 16.2. The highest BCUT2D eigenvalue weighted by Gasteiger charge is 2.10. The molecule has 0 radical (unpaired) electrons. The van der Waals surface area contributed by atoms with E-state index in [-0.39, 0.29) is 17.6 Å². The van der Waals surface area contributed by atoms with Gasteiger partial charge in [0.1, 0.15) is 5.75 Å².